The maximum absolute atomic E-state index is 12.8. The minimum absolute atomic E-state index is 0.0700. The summed E-state index contributed by atoms with van der Waals surface area (Å²) in [5, 5.41) is 10.3. The van der Waals surface area contributed by atoms with Gasteiger partial charge in [-0.2, -0.15) is 0 Å². The summed E-state index contributed by atoms with van der Waals surface area (Å²) in [7, 11) is 0. The molecule has 4 rings (SSSR count). The molecule has 2 atom stereocenters. The van der Waals surface area contributed by atoms with Gasteiger partial charge in [0.15, 0.2) is 0 Å². The number of rotatable bonds is 4. The van der Waals surface area contributed by atoms with Gasteiger partial charge in [-0.1, -0.05) is 48.5 Å². The highest BCUT2D eigenvalue weighted by Crippen LogP contribution is 2.44. The van der Waals surface area contributed by atoms with Crippen LogP contribution in [0.15, 0.2) is 48.5 Å². The first kappa shape index (κ1) is 20.6. The summed E-state index contributed by atoms with van der Waals surface area (Å²) < 4.78 is 11.3. The molecule has 2 aromatic carbocycles. The first-order valence-electron chi connectivity index (χ1n) is 10.3. The van der Waals surface area contributed by atoms with Gasteiger partial charge in [0.25, 0.3) is 0 Å². The normalized spacial score (nSPS) is 20.9. The van der Waals surface area contributed by atoms with E-state index in [9.17, 15) is 14.7 Å². The van der Waals surface area contributed by atoms with E-state index in [0.717, 1.165) is 27.2 Å². The molecule has 1 heterocycles. The molecular formula is C24H27NO5. The molecular weight excluding hydrogens is 382 g/mol. The number of aliphatic hydroxyl groups excluding tert-OH is 1. The fourth-order valence-corrected chi connectivity index (χ4v) is 4.19. The summed E-state index contributed by atoms with van der Waals surface area (Å²) >= 11 is 0. The molecule has 6 heteroatoms. The molecule has 0 saturated carbocycles. The Morgan fingerprint density at radius 1 is 1.03 bits per heavy atom. The molecule has 1 fully saturated rings. The smallest absolute Gasteiger partial charge is 0.416 e. The number of hydrogen-bond donors (Lipinski definition) is 1. The van der Waals surface area contributed by atoms with E-state index >= 15 is 0 Å². The molecule has 1 aliphatic heterocycles. The Morgan fingerprint density at radius 2 is 1.60 bits per heavy atom. The maximum Gasteiger partial charge on any atom is 0.416 e. The standard InChI is InChI=1S/C24H27NO5/c1-24(2,3)30-14-20-21(26)12-22(27)25(20)23(28)29-13-19-17-10-6-4-8-15(17)16-9-5-7-11-18(16)19/h4-11,19-21,26H,12-14H2,1-3H3/t20-,21-/m0/s1. The molecule has 6 nitrogen and oxygen atoms in total. The third kappa shape index (κ3) is 3.85. The fourth-order valence-electron chi connectivity index (χ4n) is 4.19. The van der Waals surface area contributed by atoms with Crippen LogP contribution >= 0.6 is 0 Å². The molecule has 1 N–H and O–H groups in total. The van der Waals surface area contributed by atoms with Crippen LogP contribution in [0.1, 0.15) is 44.2 Å². The van der Waals surface area contributed by atoms with Crippen LogP contribution in [0.2, 0.25) is 0 Å². The molecule has 158 valence electrons. The number of carbonyl (C=O) groups is 2. The Kier molecular flexibility index (Phi) is 5.38. The lowest BCUT2D eigenvalue weighted by molar-refractivity contribution is -0.128. The zero-order valence-corrected chi connectivity index (χ0v) is 17.5. The lowest BCUT2D eigenvalue weighted by atomic mass is 9.98. The number of ether oxygens (including phenoxy) is 2. The average Bonchev–Trinajstić information content (AvgIpc) is 3.17. The second-order valence-corrected chi connectivity index (χ2v) is 8.83. The molecule has 0 aromatic heterocycles. The van der Waals surface area contributed by atoms with Gasteiger partial charge < -0.3 is 14.6 Å². The lowest BCUT2D eigenvalue weighted by Crippen LogP contribution is -2.46. The molecule has 0 unspecified atom stereocenters. The Labute approximate surface area is 176 Å². The van der Waals surface area contributed by atoms with Crippen molar-refractivity contribution in [3.63, 3.8) is 0 Å². The quantitative estimate of drug-likeness (QED) is 0.833. The summed E-state index contributed by atoms with van der Waals surface area (Å²) in [6.07, 6.45) is -1.80. The Hall–Kier alpha value is -2.70. The minimum atomic E-state index is -0.958. The number of aliphatic hydroxyl groups is 1. The number of fused-ring (bicyclic) bond motifs is 3. The lowest BCUT2D eigenvalue weighted by Gasteiger charge is -2.28. The van der Waals surface area contributed by atoms with Gasteiger partial charge in [0, 0.05) is 5.92 Å². The van der Waals surface area contributed by atoms with Gasteiger partial charge >= 0.3 is 6.09 Å². The molecule has 2 aromatic rings. The first-order valence-corrected chi connectivity index (χ1v) is 10.3. The number of nitrogens with zero attached hydrogens (tertiary/aromatic N) is 1. The number of amides is 2. The predicted molar refractivity (Wildman–Crippen MR) is 112 cm³/mol. The van der Waals surface area contributed by atoms with Crippen molar-refractivity contribution in [2.45, 2.75) is 50.9 Å². The van der Waals surface area contributed by atoms with Crippen LogP contribution in [0.5, 0.6) is 0 Å². The molecule has 2 amide bonds. The van der Waals surface area contributed by atoms with Crippen LogP contribution in [-0.4, -0.2) is 53.0 Å². The second-order valence-electron chi connectivity index (χ2n) is 8.83. The Bertz CT molecular complexity index is 919. The van der Waals surface area contributed by atoms with Crippen LogP contribution < -0.4 is 0 Å². The van der Waals surface area contributed by atoms with Gasteiger partial charge in [-0.3, -0.25) is 4.79 Å². The van der Waals surface area contributed by atoms with Gasteiger partial charge in [-0.05, 0) is 43.0 Å². The van der Waals surface area contributed by atoms with Gasteiger partial charge in [0.05, 0.1) is 30.8 Å². The van der Waals surface area contributed by atoms with Crippen molar-refractivity contribution in [2.75, 3.05) is 13.2 Å². The van der Waals surface area contributed by atoms with Crippen LogP contribution in [0, 0.1) is 0 Å². The van der Waals surface area contributed by atoms with Crippen LogP contribution in [0.4, 0.5) is 4.79 Å². The molecule has 2 aliphatic rings. The van der Waals surface area contributed by atoms with Crippen molar-refractivity contribution in [2.24, 2.45) is 0 Å². The van der Waals surface area contributed by atoms with Crippen molar-refractivity contribution in [3.05, 3.63) is 59.7 Å². The van der Waals surface area contributed by atoms with E-state index in [1.807, 2.05) is 57.2 Å². The molecule has 30 heavy (non-hydrogen) atoms. The van der Waals surface area contributed by atoms with Gasteiger partial charge in [-0.15, -0.1) is 0 Å². The number of carbonyl (C=O) groups excluding carboxylic acids is 2. The van der Waals surface area contributed by atoms with E-state index < -0.39 is 29.7 Å². The van der Waals surface area contributed by atoms with E-state index in [4.69, 9.17) is 9.47 Å². The van der Waals surface area contributed by atoms with Crippen molar-refractivity contribution < 1.29 is 24.2 Å². The summed E-state index contributed by atoms with van der Waals surface area (Å²) in [6.45, 7) is 5.84. The molecule has 1 saturated heterocycles. The van der Waals surface area contributed by atoms with Crippen LogP contribution in [0.25, 0.3) is 11.1 Å². The SMILES string of the molecule is CC(C)(C)OC[C@H]1[C@@H](O)CC(=O)N1C(=O)OCC1c2ccccc2-c2ccccc21. The third-order valence-electron chi connectivity index (χ3n) is 5.65. The van der Waals surface area contributed by atoms with E-state index in [1.54, 1.807) is 0 Å². The van der Waals surface area contributed by atoms with Crippen molar-refractivity contribution in [1.82, 2.24) is 4.90 Å². The molecule has 0 bridgehead atoms. The van der Waals surface area contributed by atoms with Gasteiger partial charge in [0.1, 0.15) is 6.61 Å². The first-order chi connectivity index (χ1) is 14.3. The summed E-state index contributed by atoms with van der Waals surface area (Å²) in [4.78, 5) is 26.2. The number of benzene rings is 2. The number of imide groups is 1. The van der Waals surface area contributed by atoms with E-state index in [2.05, 4.69) is 12.1 Å². The maximum atomic E-state index is 12.8. The fraction of sp³-hybridized carbons (Fsp3) is 0.417. The third-order valence-corrected chi connectivity index (χ3v) is 5.65. The second kappa shape index (κ2) is 7.85. The largest absolute Gasteiger partial charge is 0.448 e. The van der Waals surface area contributed by atoms with Gasteiger partial charge in [0.2, 0.25) is 5.91 Å². The van der Waals surface area contributed by atoms with Crippen molar-refractivity contribution in [1.29, 1.82) is 0 Å². The van der Waals surface area contributed by atoms with Crippen LogP contribution in [-0.2, 0) is 14.3 Å². The highest BCUT2D eigenvalue weighted by molar-refractivity contribution is 5.94. The van der Waals surface area contributed by atoms with E-state index in [-0.39, 0.29) is 25.6 Å². The molecule has 1 aliphatic carbocycles. The molecule has 0 spiro atoms. The van der Waals surface area contributed by atoms with Crippen molar-refractivity contribution >= 4 is 12.0 Å². The van der Waals surface area contributed by atoms with E-state index in [0.29, 0.717) is 0 Å². The summed E-state index contributed by atoms with van der Waals surface area (Å²) in [5.41, 5.74) is 4.04. The highest BCUT2D eigenvalue weighted by atomic mass is 16.6. The molecule has 0 radical (unpaired) electrons. The zero-order valence-electron chi connectivity index (χ0n) is 17.5. The van der Waals surface area contributed by atoms with Gasteiger partial charge in [-0.25, -0.2) is 9.69 Å². The minimum Gasteiger partial charge on any atom is -0.448 e. The average molecular weight is 409 g/mol. The zero-order chi connectivity index (χ0) is 21.5. The summed E-state index contributed by atoms with van der Waals surface area (Å²) in [5.74, 6) is -0.532. The van der Waals surface area contributed by atoms with Crippen molar-refractivity contribution in [3.8, 4) is 11.1 Å². The van der Waals surface area contributed by atoms with Crippen LogP contribution in [0.3, 0.4) is 0 Å². The Morgan fingerprint density at radius 3 is 2.17 bits per heavy atom. The summed E-state index contributed by atoms with van der Waals surface area (Å²) in [6, 6.07) is 15.4. The number of hydrogen-bond acceptors (Lipinski definition) is 5. The number of likely N-dealkylation sites (tertiary alicyclic amines) is 1. The van der Waals surface area contributed by atoms with E-state index in [1.165, 1.54) is 0 Å². The Balaban J connectivity index is 1.49. The predicted octanol–water partition coefficient (Wildman–Crippen LogP) is 3.71. The monoisotopic (exact) mass is 409 g/mol. The topological polar surface area (TPSA) is 76.1 Å². The highest BCUT2D eigenvalue weighted by Gasteiger charge is 2.44.